The molecule has 1 atom stereocenters. The monoisotopic (exact) mass is 362 g/mol. The molecule has 0 saturated carbocycles. The maximum Gasteiger partial charge on any atom is 0.145 e. The van der Waals surface area contributed by atoms with Crippen molar-refractivity contribution in [1.29, 1.82) is 0 Å². The number of rotatable bonds is 4. The van der Waals surface area contributed by atoms with E-state index in [1.807, 2.05) is 18.7 Å². The van der Waals surface area contributed by atoms with Crippen molar-refractivity contribution in [3.05, 3.63) is 33.8 Å². The Hall–Kier alpha value is -0.560. The molecular weight excluding hydrogens is 342 g/mol. The molecule has 1 aromatic rings. The van der Waals surface area contributed by atoms with Crippen LogP contribution in [0.15, 0.2) is 16.6 Å². The summed E-state index contributed by atoms with van der Waals surface area (Å²) in [6, 6.07) is 2.13. The molecule has 0 unspecified atom stereocenters. The van der Waals surface area contributed by atoms with Crippen molar-refractivity contribution in [3.63, 3.8) is 0 Å². The van der Waals surface area contributed by atoms with Gasteiger partial charge in [0.25, 0.3) is 0 Å². The number of nitrogens with one attached hydrogen (secondary N) is 1. The van der Waals surface area contributed by atoms with Gasteiger partial charge in [0.1, 0.15) is 11.6 Å². The van der Waals surface area contributed by atoms with Crippen molar-refractivity contribution < 1.29 is 13.9 Å². The number of hydrogen-bond donors (Lipinski definition) is 2. The first-order valence-electron chi connectivity index (χ1n) is 7.07. The third-order valence-electron chi connectivity index (χ3n) is 4.02. The lowest BCUT2D eigenvalue weighted by atomic mass is 9.79. The van der Waals surface area contributed by atoms with Crippen molar-refractivity contribution in [2.75, 3.05) is 32.8 Å². The minimum absolute atomic E-state index is 0.0327. The summed E-state index contributed by atoms with van der Waals surface area (Å²) in [6.45, 7) is 6.45. The zero-order chi connectivity index (χ0) is 15.6. The molecule has 1 aliphatic rings. The van der Waals surface area contributed by atoms with Gasteiger partial charge in [-0.05, 0) is 28.1 Å². The molecule has 6 heteroatoms. The van der Waals surface area contributed by atoms with E-state index in [0.29, 0.717) is 13.1 Å². The van der Waals surface area contributed by atoms with E-state index in [4.69, 9.17) is 0 Å². The van der Waals surface area contributed by atoms with Gasteiger partial charge in [-0.1, -0.05) is 13.8 Å². The van der Waals surface area contributed by atoms with Gasteiger partial charge in [-0.3, -0.25) is 4.90 Å². The number of piperazine rings is 1. The lowest BCUT2D eigenvalue weighted by molar-refractivity contribution is 0.0265. The van der Waals surface area contributed by atoms with Crippen LogP contribution >= 0.6 is 15.9 Å². The number of nitrogens with zero attached hydrogens (tertiary/aromatic N) is 1. The van der Waals surface area contributed by atoms with Gasteiger partial charge in [0.15, 0.2) is 0 Å². The van der Waals surface area contributed by atoms with E-state index in [1.54, 1.807) is 0 Å². The van der Waals surface area contributed by atoms with Crippen LogP contribution in [-0.2, 0) is 0 Å². The molecule has 0 aliphatic carbocycles. The third-order valence-corrected chi connectivity index (χ3v) is 4.63. The van der Waals surface area contributed by atoms with Crippen LogP contribution in [0.2, 0.25) is 0 Å². The molecule has 1 saturated heterocycles. The van der Waals surface area contributed by atoms with E-state index >= 15 is 0 Å². The molecule has 118 valence electrons. The Kier molecular flexibility index (Phi) is 5.35. The molecule has 1 fully saturated rings. The molecule has 21 heavy (non-hydrogen) atoms. The van der Waals surface area contributed by atoms with E-state index in [9.17, 15) is 13.9 Å². The van der Waals surface area contributed by atoms with E-state index in [-0.39, 0.29) is 16.6 Å². The lowest BCUT2D eigenvalue weighted by Crippen LogP contribution is -2.50. The van der Waals surface area contributed by atoms with Gasteiger partial charge in [-0.15, -0.1) is 0 Å². The number of benzene rings is 1. The fraction of sp³-hybridized carbons (Fsp3) is 0.600. The number of aliphatic hydroxyl groups excluding tert-OH is 1. The largest absolute Gasteiger partial charge is 0.396 e. The fourth-order valence-electron chi connectivity index (χ4n) is 2.89. The average molecular weight is 363 g/mol. The summed E-state index contributed by atoms with van der Waals surface area (Å²) in [4.78, 5) is 2.04. The van der Waals surface area contributed by atoms with Crippen LogP contribution in [0.5, 0.6) is 0 Å². The maximum atomic E-state index is 14.5. The van der Waals surface area contributed by atoms with Gasteiger partial charge in [-0.2, -0.15) is 0 Å². The Bertz CT molecular complexity index is 505. The molecular formula is C15H21BrF2N2O. The van der Waals surface area contributed by atoms with Gasteiger partial charge in [0.05, 0.1) is 4.47 Å². The maximum absolute atomic E-state index is 14.5. The quantitative estimate of drug-likeness (QED) is 0.808. The molecule has 1 aromatic carbocycles. The Labute approximate surface area is 132 Å². The summed E-state index contributed by atoms with van der Waals surface area (Å²) in [5.41, 5.74) is -0.620. The first-order chi connectivity index (χ1) is 9.88. The Morgan fingerprint density at radius 2 is 1.95 bits per heavy atom. The number of aliphatic hydroxyl groups is 1. The Morgan fingerprint density at radius 1 is 1.33 bits per heavy atom. The van der Waals surface area contributed by atoms with Crippen molar-refractivity contribution >= 4 is 15.9 Å². The van der Waals surface area contributed by atoms with Crippen molar-refractivity contribution in [1.82, 2.24) is 10.2 Å². The predicted octanol–water partition coefficient (Wildman–Crippen LogP) is 2.69. The topological polar surface area (TPSA) is 35.5 Å². The van der Waals surface area contributed by atoms with Crippen LogP contribution in [0.4, 0.5) is 8.78 Å². The van der Waals surface area contributed by atoms with Gasteiger partial charge in [0.2, 0.25) is 0 Å². The Balaban J connectivity index is 2.52. The van der Waals surface area contributed by atoms with Gasteiger partial charge < -0.3 is 10.4 Å². The molecule has 0 aromatic heterocycles. The highest BCUT2D eigenvalue weighted by Gasteiger charge is 2.39. The van der Waals surface area contributed by atoms with Crippen molar-refractivity contribution in [2.24, 2.45) is 5.41 Å². The van der Waals surface area contributed by atoms with E-state index in [1.165, 1.54) is 12.1 Å². The van der Waals surface area contributed by atoms with E-state index < -0.39 is 23.1 Å². The average Bonchev–Trinajstić information content (AvgIpc) is 2.48. The summed E-state index contributed by atoms with van der Waals surface area (Å²) >= 11 is 3.13. The first-order valence-corrected chi connectivity index (χ1v) is 7.87. The summed E-state index contributed by atoms with van der Waals surface area (Å²) in [7, 11) is 0. The molecule has 0 spiro atoms. The lowest BCUT2D eigenvalue weighted by Gasteiger charge is -2.43. The summed E-state index contributed by atoms with van der Waals surface area (Å²) < 4.78 is 29.1. The summed E-state index contributed by atoms with van der Waals surface area (Å²) in [6.07, 6.45) is 0. The smallest absolute Gasteiger partial charge is 0.145 e. The highest BCUT2D eigenvalue weighted by Crippen LogP contribution is 2.41. The van der Waals surface area contributed by atoms with Crippen LogP contribution < -0.4 is 5.32 Å². The van der Waals surface area contributed by atoms with Crippen LogP contribution in [0.1, 0.15) is 25.5 Å². The first kappa shape index (κ1) is 16.8. The van der Waals surface area contributed by atoms with Crippen LogP contribution in [0.25, 0.3) is 0 Å². The van der Waals surface area contributed by atoms with Crippen LogP contribution in [0, 0.1) is 17.0 Å². The molecule has 0 amide bonds. The second kappa shape index (κ2) is 6.69. The second-order valence-electron chi connectivity index (χ2n) is 6.09. The molecule has 2 rings (SSSR count). The molecule has 2 N–H and O–H groups in total. The minimum atomic E-state index is -0.653. The van der Waals surface area contributed by atoms with Gasteiger partial charge in [-0.25, -0.2) is 8.78 Å². The zero-order valence-electron chi connectivity index (χ0n) is 12.3. The minimum Gasteiger partial charge on any atom is -0.396 e. The standard InChI is InChI=1S/C15H21BrF2N2O/c1-15(2,9-21)14(20-7-5-19-6-8-20)12-11(17)4-3-10(16)13(12)18/h3-4,14,19,21H,5-9H2,1-2H3/t14-/m0/s1. The molecule has 3 nitrogen and oxygen atoms in total. The Morgan fingerprint density at radius 3 is 2.52 bits per heavy atom. The highest BCUT2D eigenvalue weighted by molar-refractivity contribution is 9.10. The number of halogens is 3. The molecule has 1 aliphatic heterocycles. The predicted molar refractivity (Wildman–Crippen MR) is 82.1 cm³/mol. The molecule has 0 radical (unpaired) electrons. The van der Waals surface area contributed by atoms with Gasteiger partial charge in [0, 0.05) is 49.8 Å². The van der Waals surface area contributed by atoms with Crippen LogP contribution in [0.3, 0.4) is 0 Å². The molecule has 1 heterocycles. The fourth-order valence-corrected chi connectivity index (χ4v) is 3.23. The third kappa shape index (κ3) is 3.44. The van der Waals surface area contributed by atoms with Crippen LogP contribution in [-0.4, -0.2) is 42.8 Å². The summed E-state index contributed by atoms with van der Waals surface area (Å²) in [5, 5.41) is 12.9. The normalized spacial score (nSPS) is 18.8. The second-order valence-corrected chi connectivity index (χ2v) is 6.95. The zero-order valence-corrected chi connectivity index (χ0v) is 13.9. The summed E-state index contributed by atoms with van der Waals surface area (Å²) in [5.74, 6) is -1.15. The molecule has 0 bridgehead atoms. The van der Waals surface area contributed by atoms with Crippen molar-refractivity contribution in [3.8, 4) is 0 Å². The van der Waals surface area contributed by atoms with Crippen molar-refractivity contribution in [2.45, 2.75) is 19.9 Å². The highest BCUT2D eigenvalue weighted by atomic mass is 79.9. The SMILES string of the molecule is CC(C)(CO)[C@H](c1c(F)ccc(Br)c1F)N1CCNCC1. The van der Waals surface area contributed by atoms with E-state index in [0.717, 1.165) is 13.1 Å². The van der Waals surface area contributed by atoms with Gasteiger partial charge >= 0.3 is 0 Å². The van der Waals surface area contributed by atoms with E-state index in [2.05, 4.69) is 21.2 Å². The number of hydrogen-bond acceptors (Lipinski definition) is 3.